The molecular weight excluding hydrogens is 316 g/mol. The highest BCUT2D eigenvalue weighted by Crippen LogP contribution is 2.45. The molecule has 2 heterocycles. The molecule has 1 aliphatic heterocycles. The minimum Gasteiger partial charge on any atom is -0.497 e. The lowest BCUT2D eigenvalue weighted by Crippen LogP contribution is -2.45. The molecule has 0 saturated heterocycles. The molecule has 5 nitrogen and oxygen atoms in total. The zero-order valence-corrected chi connectivity index (χ0v) is 13.6. The Labute approximate surface area is 145 Å². The van der Waals surface area contributed by atoms with Gasteiger partial charge in [0.2, 0.25) is 0 Å². The van der Waals surface area contributed by atoms with Crippen LogP contribution in [0, 0.1) is 0 Å². The molecule has 0 fully saturated rings. The SMILES string of the molecule is COc1ccc2c(c1)C(O)(c1ccncc1)N(c1ccccc1)C2=O. The van der Waals surface area contributed by atoms with Crippen molar-refractivity contribution < 1.29 is 14.6 Å². The molecule has 0 saturated carbocycles. The van der Waals surface area contributed by atoms with E-state index in [9.17, 15) is 9.90 Å². The third kappa shape index (κ3) is 2.21. The summed E-state index contributed by atoms with van der Waals surface area (Å²) in [6.45, 7) is 0. The molecule has 1 N–H and O–H groups in total. The molecule has 0 bridgehead atoms. The molecule has 4 rings (SSSR count). The van der Waals surface area contributed by atoms with Gasteiger partial charge in [0.05, 0.1) is 7.11 Å². The average molecular weight is 332 g/mol. The average Bonchev–Trinajstić information content (AvgIpc) is 2.91. The Kier molecular flexibility index (Phi) is 3.51. The zero-order valence-electron chi connectivity index (χ0n) is 13.6. The van der Waals surface area contributed by atoms with Crippen molar-refractivity contribution >= 4 is 11.6 Å². The molecule has 1 unspecified atom stereocenters. The normalized spacial score (nSPS) is 19.0. The molecule has 3 aromatic rings. The number of hydrogen-bond acceptors (Lipinski definition) is 4. The van der Waals surface area contributed by atoms with Crippen LogP contribution in [0.5, 0.6) is 5.75 Å². The van der Waals surface area contributed by atoms with Crippen LogP contribution in [0.3, 0.4) is 0 Å². The molecule has 1 atom stereocenters. The number of anilines is 1. The molecule has 5 heteroatoms. The van der Waals surface area contributed by atoms with Gasteiger partial charge >= 0.3 is 0 Å². The Morgan fingerprint density at radius 2 is 1.76 bits per heavy atom. The zero-order chi connectivity index (χ0) is 17.4. The van der Waals surface area contributed by atoms with Crippen molar-refractivity contribution in [3.05, 3.63) is 89.7 Å². The highest BCUT2D eigenvalue weighted by molar-refractivity contribution is 6.12. The van der Waals surface area contributed by atoms with E-state index in [1.807, 2.05) is 18.2 Å². The van der Waals surface area contributed by atoms with Crippen LogP contribution in [0.15, 0.2) is 73.1 Å². The monoisotopic (exact) mass is 332 g/mol. The first-order valence-electron chi connectivity index (χ1n) is 7.87. The molecule has 0 aliphatic carbocycles. The Balaban J connectivity index is 2.00. The van der Waals surface area contributed by atoms with E-state index in [4.69, 9.17) is 4.74 Å². The van der Waals surface area contributed by atoms with Crippen LogP contribution in [0.2, 0.25) is 0 Å². The number of carbonyl (C=O) groups is 1. The van der Waals surface area contributed by atoms with Crippen molar-refractivity contribution in [3.8, 4) is 5.75 Å². The molecule has 124 valence electrons. The lowest BCUT2D eigenvalue weighted by molar-refractivity contribution is 0.0702. The van der Waals surface area contributed by atoms with Gasteiger partial charge < -0.3 is 9.84 Å². The van der Waals surface area contributed by atoms with E-state index < -0.39 is 5.72 Å². The fourth-order valence-electron chi connectivity index (χ4n) is 3.26. The molecule has 1 amide bonds. The second kappa shape index (κ2) is 5.72. The minimum atomic E-state index is -1.63. The van der Waals surface area contributed by atoms with Crippen molar-refractivity contribution in [2.45, 2.75) is 5.72 Å². The van der Waals surface area contributed by atoms with Gasteiger partial charge in [-0.25, -0.2) is 0 Å². The Hall–Kier alpha value is -3.18. The standard InChI is InChI=1S/C20H16N2O3/c1-25-16-7-8-17-18(13-16)20(24,14-9-11-21-12-10-14)22(19(17)23)15-5-3-2-4-6-15/h2-13,24H,1H3. The van der Waals surface area contributed by atoms with Gasteiger partial charge in [0.25, 0.3) is 5.91 Å². The predicted octanol–water partition coefficient (Wildman–Crippen LogP) is 2.94. The molecule has 1 aliphatic rings. The van der Waals surface area contributed by atoms with E-state index in [1.54, 1.807) is 62.0 Å². The smallest absolute Gasteiger partial charge is 0.261 e. The third-order valence-corrected chi connectivity index (χ3v) is 4.46. The summed E-state index contributed by atoms with van der Waals surface area (Å²) in [7, 11) is 1.55. The molecule has 0 spiro atoms. The highest BCUT2D eigenvalue weighted by Gasteiger charge is 2.50. The second-order valence-corrected chi connectivity index (χ2v) is 5.80. The Morgan fingerprint density at radius 3 is 2.44 bits per heavy atom. The summed E-state index contributed by atoms with van der Waals surface area (Å²) < 4.78 is 5.29. The van der Waals surface area contributed by atoms with Gasteiger partial charge in [0.15, 0.2) is 5.72 Å². The van der Waals surface area contributed by atoms with Gasteiger partial charge in [-0.1, -0.05) is 18.2 Å². The number of fused-ring (bicyclic) bond motifs is 1. The topological polar surface area (TPSA) is 62.7 Å². The maximum Gasteiger partial charge on any atom is 0.261 e. The number of aromatic nitrogens is 1. The van der Waals surface area contributed by atoms with Gasteiger partial charge in [0.1, 0.15) is 5.75 Å². The summed E-state index contributed by atoms with van der Waals surface area (Å²) in [6, 6.07) is 17.7. The van der Waals surface area contributed by atoms with Crippen LogP contribution in [-0.4, -0.2) is 23.1 Å². The molecule has 25 heavy (non-hydrogen) atoms. The lowest BCUT2D eigenvalue weighted by Gasteiger charge is -2.34. The highest BCUT2D eigenvalue weighted by atomic mass is 16.5. The van der Waals surface area contributed by atoms with Crippen LogP contribution >= 0.6 is 0 Å². The van der Waals surface area contributed by atoms with E-state index in [0.717, 1.165) is 0 Å². The van der Waals surface area contributed by atoms with E-state index in [0.29, 0.717) is 28.1 Å². The minimum absolute atomic E-state index is 0.261. The number of hydrogen-bond donors (Lipinski definition) is 1. The number of para-hydroxylation sites is 1. The maximum atomic E-state index is 13.1. The van der Waals surface area contributed by atoms with E-state index in [-0.39, 0.29) is 5.91 Å². The van der Waals surface area contributed by atoms with Gasteiger partial charge in [0, 0.05) is 34.8 Å². The third-order valence-electron chi connectivity index (χ3n) is 4.46. The number of pyridine rings is 1. The fraction of sp³-hybridized carbons (Fsp3) is 0.100. The number of rotatable bonds is 3. The summed E-state index contributed by atoms with van der Waals surface area (Å²) in [5.41, 5.74) is 0.482. The van der Waals surface area contributed by atoms with Crippen molar-refractivity contribution in [2.24, 2.45) is 0 Å². The van der Waals surface area contributed by atoms with E-state index >= 15 is 0 Å². The molecule has 0 radical (unpaired) electrons. The Bertz CT molecular complexity index is 928. The Morgan fingerprint density at radius 1 is 1.04 bits per heavy atom. The van der Waals surface area contributed by atoms with Gasteiger partial charge in [-0.15, -0.1) is 0 Å². The fourth-order valence-corrected chi connectivity index (χ4v) is 3.26. The number of carbonyl (C=O) groups excluding carboxylic acids is 1. The van der Waals surface area contributed by atoms with Crippen LogP contribution < -0.4 is 9.64 Å². The second-order valence-electron chi connectivity index (χ2n) is 5.80. The quantitative estimate of drug-likeness (QED) is 0.801. The van der Waals surface area contributed by atoms with E-state index in [2.05, 4.69) is 4.98 Å². The number of nitrogens with zero attached hydrogens (tertiary/aromatic N) is 2. The van der Waals surface area contributed by atoms with Gasteiger partial charge in [-0.2, -0.15) is 0 Å². The van der Waals surface area contributed by atoms with Crippen LogP contribution in [-0.2, 0) is 5.72 Å². The number of aliphatic hydroxyl groups is 1. The summed E-state index contributed by atoms with van der Waals surface area (Å²) in [6.07, 6.45) is 3.19. The molecule has 1 aromatic heterocycles. The van der Waals surface area contributed by atoms with Gasteiger partial charge in [-0.05, 0) is 42.5 Å². The summed E-state index contributed by atoms with van der Waals surface area (Å²) in [4.78, 5) is 18.5. The summed E-state index contributed by atoms with van der Waals surface area (Å²) in [5.74, 6) is 0.317. The van der Waals surface area contributed by atoms with Crippen molar-refractivity contribution in [3.63, 3.8) is 0 Å². The maximum absolute atomic E-state index is 13.1. The van der Waals surface area contributed by atoms with Crippen molar-refractivity contribution in [1.82, 2.24) is 4.98 Å². The van der Waals surface area contributed by atoms with Crippen molar-refractivity contribution in [1.29, 1.82) is 0 Å². The number of benzene rings is 2. The first kappa shape index (κ1) is 15.4. The largest absolute Gasteiger partial charge is 0.497 e. The molecule has 2 aromatic carbocycles. The molecular formula is C20H16N2O3. The van der Waals surface area contributed by atoms with E-state index in [1.165, 1.54) is 4.90 Å². The summed E-state index contributed by atoms with van der Waals surface area (Å²) >= 11 is 0. The van der Waals surface area contributed by atoms with Crippen LogP contribution in [0.25, 0.3) is 0 Å². The van der Waals surface area contributed by atoms with Gasteiger partial charge in [-0.3, -0.25) is 14.7 Å². The van der Waals surface area contributed by atoms with Crippen LogP contribution in [0.4, 0.5) is 5.69 Å². The number of ether oxygens (including phenoxy) is 1. The van der Waals surface area contributed by atoms with Crippen molar-refractivity contribution in [2.75, 3.05) is 12.0 Å². The number of methoxy groups -OCH3 is 1. The predicted molar refractivity (Wildman–Crippen MR) is 93.5 cm³/mol. The lowest BCUT2D eigenvalue weighted by atomic mass is 9.94. The first-order valence-corrected chi connectivity index (χ1v) is 7.87. The number of amides is 1. The first-order chi connectivity index (χ1) is 12.2. The summed E-state index contributed by atoms with van der Waals surface area (Å²) in [5, 5.41) is 11.7. The van der Waals surface area contributed by atoms with Crippen LogP contribution in [0.1, 0.15) is 21.5 Å².